The Morgan fingerprint density at radius 1 is 0.909 bits per heavy atom. The first kappa shape index (κ1) is 31.1. The summed E-state index contributed by atoms with van der Waals surface area (Å²) < 4.78 is 0. The zero-order valence-corrected chi connectivity index (χ0v) is 26.3. The summed E-state index contributed by atoms with van der Waals surface area (Å²) in [5, 5.41) is 12.7. The molecule has 0 saturated carbocycles. The molecule has 1 saturated heterocycles. The van der Waals surface area contributed by atoms with Crippen LogP contribution < -0.4 is 26.2 Å². The summed E-state index contributed by atoms with van der Waals surface area (Å²) in [6.45, 7) is 5.89. The molecular formula is C32H35ClN8O2S. The van der Waals surface area contributed by atoms with E-state index in [1.54, 1.807) is 18.2 Å². The number of aryl methyl sites for hydroxylation is 1. The van der Waals surface area contributed by atoms with Gasteiger partial charge in [0.25, 0.3) is 5.91 Å². The predicted molar refractivity (Wildman–Crippen MR) is 182 cm³/mol. The van der Waals surface area contributed by atoms with Gasteiger partial charge in [-0.25, -0.2) is 4.98 Å². The minimum atomic E-state index is -0.441. The molecule has 0 spiro atoms. The average molecular weight is 631 g/mol. The molecule has 0 radical (unpaired) electrons. The summed E-state index contributed by atoms with van der Waals surface area (Å²) in [6.07, 6.45) is 1.72. The van der Waals surface area contributed by atoms with Crippen LogP contribution in [0.5, 0.6) is 0 Å². The van der Waals surface area contributed by atoms with Gasteiger partial charge in [-0.05, 0) is 67.8 Å². The predicted octanol–water partition coefficient (Wildman–Crippen LogP) is 6.19. The second kappa shape index (κ2) is 14.4. The van der Waals surface area contributed by atoms with Crippen LogP contribution in [-0.4, -0.2) is 65.7 Å². The Kier molecular flexibility index (Phi) is 10.2. The van der Waals surface area contributed by atoms with Crippen molar-refractivity contribution >= 4 is 76.2 Å². The van der Waals surface area contributed by atoms with Crippen LogP contribution in [-0.2, 0) is 4.79 Å². The van der Waals surface area contributed by atoms with E-state index in [-0.39, 0.29) is 23.7 Å². The number of carbonyl (C=O) groups is 2. The molecule has 2 amide bonds. The van der Waals surface area contributed by atoms with Gasteiger partial charge in [0.05, 0.1) is 22.1 Å². The lowest BCUT2D eigenvalue weighted by atomic mass is 10.2. The number of nitrogens with one attached hydrogen (secondary N) is 4. The molecule has 0 bridgehead atoms. The van der Waals surface area contributed by atoms with Crippen molar-refractivity contribution in [3.63, 3.8) is 0 Å². The van der Waals surface area contributed by atoms with Gasteiger partial charge in [-0.2, -0.15) is 17.6 Å². The Morgan fingerprint density at radius 2 is 1.64 bits per heavy atom. The first-order valence-corrected chi connectivity index (χ1v) is 15.3. The number of piperazine rings is 1. The number of halogens is 1. The summed E-state index contributed by atoms with van der Waals surface area (Å²) in [6, 6.07) is 20.7. The zero-order valence-electron chi connectivity index (χ0n) is 24.6. The van der Waals surface area contributed by atoms with Crippen LogP contribution in [0.25, 0.3) is 0 Å². The van der Waals surface area contributed by atoms with Gasteiger partial charge >= 0.3 is 0 Å². The minimum Gasteiger partial charge on any atom is -0.369 e. The Hall–Kier alpha value is -4.32. The number of para-hydroxylation sites is 3. The van der Waals surface area contributed by atoms with Gasteiger partial charge in [-0.1, -0.05) is 35.9 Å². The molecule has 0 atom stereocenters. The van der Waals surface area contributed by atoms with E-state index < -0.39 is 5.91 Å². The second-order valence-electron chi connectivity index (χ2n) is 10.5. The number of aromatic nitrogens is 2. The third-order valence-electron chi connectivity index (χ3n) is 7.28. The number of nitrogens with zero attached hydrogens (tertiary/aromatic N) is 4. The van der Waals surface area contributed by atoms with E-state index in [1.807, 2.05) is 43.3 Å². The largest absolute Gasteiger partial charge is 0.369 e. The molecule has 2 heterocycles. The van der Waals surface area contributed by atoms with Crippen LogP contribution in [0, 0.1) is 6.92 Å². The fraction of sp³-hybridized carbons (Fsp3) is 0.250. The van der Waals surface area contributed by atoms with Crippen molar-refractivity contribution in [3.05, 3.63) is 89.1 Å². The molecule has 12 heteroatoms. The van der Waals surface area contributed by atoms with Crippen molar-refractivity contribution < 1.29 is 9.59 Å². The summed E-state index contributed by atoms with van der Waals surface area (Å²) in [5.41, 5.74) is 4.58. The van der Waals surface area contributed by atoms with E-state index in [0.717, 1.165) is 43.1 Å². The number of amides is 2. The molecule has 5 rings (SSSR count). The standard InChI is InChI=1S/C32H35ClN8O2S/c1-21-6-5-7-25(33)29(21)38-31(43)24-20-34-32(35-22-10-12-23(13-11-22)41-17-15-40(2)16-18-41)39-30(24)37-27-9-4-3-8-26(27)36-28(42)14-19-44/h3-13,20,44H,14-19H2,1-2H3,(H,36,42)(H,38,43)(H2,34,35,37,39). The van der Waals surface area contributed by atoms with Crippen molar-refractivity contribution in [2.45, 2.75) is 13.3 Å². The number of hydrogen-bond acceptors (Lipinski definition) is 9. The molecule has 3 aromatic carbocycles. The monoisotopic (exact) mass is 630 g/mol. The highest BCUT2D eigenvalue weighted by Crippen LogP contribution is 2.30. The molecular weight excluding hydrogens is 596 g/mol. The van der Waals surface area contributed by atoms with E-state index >= 15 is 0 Å². The van der Waals surface area contributed by atoms with E-state index in [0.29, 0.717) is 33.8 Å². The van der Waals surface area contributed by atoms with E-state index in [1.165, 1.54) is 6.20 Å². The van der Waals surface area contributed by atoms with Gasteiger partial charge < -0.3 is 31.1 Å². The van der Waals surface area contributed by atoms with Crippen molar-refractivity contribution in [1.29, 1.82) is 0 Å². The Bertz CT molecular complexity index is 1610. The normalized spacial score (nSPS) is 13.3. The highest BCUT2D eigenvalue weighted by molar-refractivity contribution is 7.80. The number of thiol groups is 1. The number of hydrogen-bond donors (Lipinski definition) is 5. The van der Waals surface area contributed by atoms with Crippen molar-refractivity contribution in [2.24, 2.45) is 0 Å². The Morgan fingerprint density at radius 3 is 2.34 bits per heavy atom. The molecule has 1 aliphatic rings. The number of benzene rings is 3. The van der Waals surface area contributed by atoms with E-state index in [2.05, 4.69) is 72.8 Å². The van der Waals surface area contributed by atoms with Crippen molar-refractivity contribution in [1.82, 2.24) is 14.9 Å². The maximum absolute atomic E-state index is 13.6. The Labute approximate surface area is 267 Å². The highest BCUT2D eigenvalue weighted by Gasteiger charge is 2.19. The summed E-state index contributed by atoms with van der Waals surface area (Å²) in [4.78, 5) is 39.7. The molecule has 44 heavy (non-hydrogen) atoms. The minimum absolute atomic E-state index is 0.175. The molecule has 1 aliphatic heterocycles. The first-order valence-electron chi connectivity index (χ1n) is 14.3. The van der Waals surface area contributed by atoms with Gasteiger partial charge in [-0.15, -0.1) is 0 Å². The maximum atomic E-state index is 13.6. The van der Waals surface area contributed by atoms with Gasteiger partial charge in [-0.3, -0.25) is 9.59 Å². The van der Waals surface area contributed by atoms with Gasteiger partial charge in [0, 0.05) is 50.2 Å². The summed E-state index contributed by atoms with van der Waals surface area (Å²) >= 11 is 10.5. The van der Waals surface area contributed by atoms with Gasteiger partial charge in [0.2, 0.25) is 11.9 Å². The molecule has 0 aliphatic carbocycles. The Balaban J connectivity index is 1.42. The number of carbonyl (C=O) groups excluding carboxylic acids is 2. The molecule has 10 nitrogen and oxygen atoms in total. The van der Waals surface area contributed by atoms with Gasteiger partial charge in [0.1, 0.15) is 11.4 Å². The third-order valence-corrected chi connectivity index (χ3v) is 7.82. The second-order valence-corrected chi connectivity index (χ2v) is 11.4. The summed E-state index contributed by atoms with van der Waals surface area (Å²) in [7, 11) is 2.14. The van der Waals surface area contributed by atoms with Crippen LogP contribution in [0.2, 0.25) is 5.02 Å². The SMILES string of the molecule is Cc1cccc(Cl)c1NC(=O)c1cnc(Nc2ccc(N3CCN(C)CC3)cc2)nc1Nc1ccccc1NC(=O)CCS. The molecule has 4 aromatic rings. The summed E-state index contributed by atoms with van der Waals surface area (Å²) in [5.74, 6) is 0.344. The zero-order chi connectivity index (χ0) is 31.1. The fourth-order valence-electron chi connectivity index (χ4n) is 4.77. The van der Waals surface area contributed by atoms with E-state index in [9.17, 15) is 9.59 Å². The van der Waals surface area contributed by atoms with Crippen LogP contribution >= 0.6 is 24.2 Å². The lowest BCUT2D eigenvalue weighted by Crippen LogP contribution is -2.44. The fourth-order valence-corrected chi connectivity index (χ4v) is 5.24. The lowest BCUT2D eigenvalue weighted by molar-refractivity contribution is -0.115. The molecule has 228 valence electrons. The van der Waals surface area contributed by atoms with Crippen LogP contribution in [0.3, 0.4) is 0 Å². The highest BCUT2D eigenvalue weighted by atomic mass is 35.5. The molecule has 0 unspecified atom stereocenters. The molecule has 4 N–H and O–H groups in total. The van der Waals surface area contributed by atoms with Crippen LogP contribution in [0.1, 0.15) is 22.3 Å². The van der Waals surface area contributed by atoms with Crippen LogP contribution in [0.15, 0.2) is 72.9 Å². The van der Waals surface area contributed by atoms with Crippen LogP contribution in [0.4, 0.5) is 40.2 Å². The van der Waals surface area contributed by atoms with Crippen molar-refractivity contribution in [3.8, 4) is 0 Å². The first-order chi connectivity index (χ1) is 21.3. The van der Waals surface area contributed by atoms with Crippen molar-refractivity contribution in [2.75, 3.05) is 65.1 Å². The van der Waals surface area contributed by atoms with Gasteiger partial charge in [0.15, 0.2) is 0 Å². The quantitative estimate of drug-likeness (QED) is 0.132. The number of likely N-dealkylation sites (N-methyl/N-ethyl adjacent to an activating group) is 1. The third kappa shape index (κ3) is 7.79. The maximum Gasteiger partial charge on any atom is 0.261 e. The average Bonchev–Trinajstić information content (AvgIpc) is 3.01. The smallest absolute Gasteiger partial charge is 0.261 e. The topological polar surface area (TPSA) is 115 Å². The molecule has 1 aromatic heterocycles. The lowest BCUT2D eigenvalue weighted by Gasteiger charge is -2.34. The number of rotatable bonds is 10. The van der Waals surface area contributed by atoms with E-state index in [4.69, 9.17) is 11.6 Å². The molecule has 1 fully saturated rings. The number of anilines is 7.